The fraction of sp³-hybridized carbons (Fsp3) is 0.667. The van der Waals surface area contributed by atoms with Crippen molar-refractivity contribution in [2.45, 2.75) is 84.2 Å². The SMILES string of the molecule is CC1CCC(N(C(=O)c2cc3c(cc2C(F)(F)F)OC(C)(C)C(=O)N3CCN)C(C)C)CC1. The minimum Gasteiger partial charge on any atom is -0.476 e. The highest BCUT2D eigenvalue weighted by atomic mass is 19.4. The van der Waals surface area contributed by atoms with Crippen LogP contribution in [-0.2, 0) is 11.0 Å². The summed E-state index contributed by atoms with van der Waals surface area (Å²) in [5, 5.41) is 0. The van der Waals surface area contributed by atoms with Crippen molar-refractivity contribution >= 4 is 17.5 Å². The van der Waals surface area contributed by atoms with Crippen LogP contribution in [0, 0.1) is 5.92 Å². The van der Waals surface area contributed by atoms with Gasteiger partial charge < -0.3 is 20.3 Å². The number of benzene rings is 1. The molecule has 0 saturated heterocycles. The lowest BCUT2D eigenvalue weighted by Crippen LogP contribution is -2.54. The number of halogens is 3. The van der Waals surface area contributed by atoms with Crippen molar-refractivity contribution < 1.29 is 27.5 Å². The van der Waals surface area contributed by atoms with Gasteiger partial charge in [0.25, 0.3) is 11.8 Å². The zero-order chi connectivity index (χ0) is 24.7. The Bertz CT molecular complexity index is 906. The lowest BCUT2D eigenvalue weighted by Gasteiger charge is -2.41. The molecule has 0 aromatic heterocycles. The molecule has 2 aliphatic rings. The third-order valence-corrected chi connectivity index (χ3v) is 6.57. The minimum absolute atomic E-state index is 0.0838. The van der Waals surface area contributed by atoms with E-state index in [2.05, 4.69) is 6.92 Å². The van der Waals surface area contributed by atoms with E-state index in [1.165, 1.54) is 18.7 Å². The summed E-state index contributed by atoms with van der Waals surface area (Å²) in [5.41, 5.74) is 2.94. The Morgan fingerprint density at radius 3 is 2.36 bits per heavy atom. The zero-order valence-corrected chi connectivity index (χ0v) is 20.0. The van der Waals surface area contributed by atoms with Gasteiger partial charge in [-0.1, -0.05) is 6.92 Å². The highest BCUT2D eigenvalue weighted by molar-refractivity contribution is 6.05. The van der Waals surface area contributed by atoms with Gasteiger partial charge in [-0.2, -0.15) is 13.2 Å². The number of ether oxygens (including phenoxy) is 1. The van der Waals surface area contributed by atoms with Gasteiger partial charge in [0.1, 0.15) is 5.75 Å². The highest BCUT2D eigenvalue weighted by Gasteiger charge is 2.45. The molecule has 1 aliphatic carbocycles. The van der Waals surface area contributed by atoms with Crippen LogP contribution in [0.15, 0.2) is 12.1 Å². The molecule has 2 amide bonds. The van der Waals surface area contributed by atoms with Gasteiger partial charge in [0.15, 0.2) is 5.60 Å². The summed E-state index contributed by atoms with van der Waals surface area (Å²) < 4.78 is 48.0. The second kappa shape index (κ2) is 9.16. The summed E-state index contributed by atoms with van der Waals surface area (Å²) in [4.78, 5) is 29.5. The first-order valence-electron chi connectivity index (χ1n) is 11.6. The van der Waals surface area contributed by atoms with E-state index in [0.717, 1.165) is 37.8 Å². The Labute approximate surface area is 193 Å². The number of amides is 2. The number of alkyl halides is 3. The molecular formula is C24H34F3N3O3. The van der Waals surface area contributed by atoms with Crippen LogP contribution in [-0.4, -0.2) is 47.5 Å². The number of nitrogens with zero attached hydrogens (tertiary/aromatic N) is 2. The number of anilines is 1. The van der Waals surface area contributed by atoms with E-state index in [4.69, 9.17) is 10.5 Å². The molecule has 33 heavy (non-hydrogen) atoms. The Kier molecular flexibility index (Phi) is 7.03. The fourth-order valence-corrected chi connectivity index (χ4v) is 4.86. The Balaban J connectivity index is 2.14. The van der Waals surface area contributed by atoms with Gasteiger partial charge >= 0.3 is 6.18 Å². The normalized spacial score (nSPS) is 22.7. The van der Waals surface area contributed by atoms with E-state index in [1.807, 2.05) is 13.8 Å². The van der Waals surface area contributed by atoms with Crippen LogP contribution in [0.25, 0.3) is 0 Å². The van der Waals surface area contributed by atoms with Crippen molar-refractivity contribution in [3.63, 3.8) is 0 Å². The van der Waals surface area contributed by atoms with Crippen molar-refractivity contribution in [3.8, 4) is 5.75 Å². The van der Waals surface area contributed by atoms with Gasteiger partial charge in [-0.3, -0.25) is 9.59 Å². The molecule has 0 atom stereocenters. The summed E-state index contributed by atoms with van der Waals surface area (Å²) in [6.45, 7) is 9.00. The predicted octanol–water partition coefficient (Wildman–Crippen LogP) is 4.60. The molecule has 9 heteroatoms. The lowest BCUT2D eigenvalue weighted by molar-refractivity contribution is -0.138. The van der Waals surface area contributed by atoms with E-state index in [0.29, 0.717) is 5.92 Å². The van der Waals surface area contributed by atoms with Gasteiger partial charge in [-0.05, 0) is 71.4 Å². The van der Waals surface area contributed by atoms with Gasteiger partial charge in [0.2, 0.25) is 0 Å². The highest BCUT2D eigenvalue weighted by Crippen LogP contribution is 2.44. The number of hydrogen-bond acceptors (Lipinski definition) is 4. The van der Waals surface area contributed by atoms with Gasteiger partial charge in [0, 0.05) is 25.2 Å². The second-order valence-electron chi connectivity index (χ2n) is 9.94. The summed E-state index contributed by atoms with van der Waals surface area (Å²) in [6.07, 6.45) is -1.39. The smallest absolute Gasteiger partial charge is 0.417 e. The number of rotatable bonds is 5. The third kappa shape index (κ3) is 4.98. The summed E-state index contributed by atoms with van der Waals surface area (Å²) >= 11 is 0. The summed E-state index contributed by atoms with van der Waals surface area (Å²) in [7, 11) is 0. The van der Waals surface area contributed by atoms with Crippen molar-refractivity contribution in [1.82, 2.24) is 4.90 Å². The van der Waals surface area contributed by atoms with Crippen molar-refractivity contribution in [2.75, 3.05) is 18.0 Å². The molecule has 0 unspecified atom stereocenters. The molecule has 6 nitrogen and oxygen atoms in total. The number of carbonyl (C=O) groups is 2. The topological polar surface area (TPSA) is 75.9 Å². The molecule has 1 aliphatic heterocycles. The molecule has 0 bridgehead atoms. The van der Waals surface area contributed by atoms with Crippen molar-refractivity contribution in [1.29, 1.82) is 0 Å². The van der Waals surface area contributed by atoms with Crippen LogP contribution in [0.2, 0.25) is 0 Å². The van der Waals surface area contributed by atoms with Gasteiger partial charge in [-0.25, -0.2) is 0 Å². The first-order valence-corrected chi connectivity index (χ1v) is 11.6. The molecule has 1 fully saturated rings. The molecule has 3 rings (SSSR count). The number of fused-ring (bicyclic) bond motifs is 1. The van der Waals surface area contributed by atoms with Crippen LogP contribution in [0.5, 0.6) is 5.75 Å². The molecule has 184 valence electrons. The van der Waals surface area contributed by atoms with E-state index in [1.54, 1.807) is 4.90 Å². The molecule has 1 aromatic rings. The first-order chi connectivity index (χ1) is 15.3. The summed E-state index contributed by atoms with van der Waals surface area (Å²) in [6, 6.07) is 1.61. The standard InChI is InChI=1S/C24H34F3N3O3/c1-14(2)30(16-8-6-15(3)7-9-16)21(31)17-12-19-20(13-18(17)24(25,26)27)33-23(4,5)22(32)29(19)11-10-28/h12-16H,6-11,28H2,1-5H3. The van der Waals surface area contributed by atoms with Crippen molar-refractivity contribution in [2.24, 2.45) is 11.7 Å². The number of carbonyl (C=O) groups excluding carboxylic acids is 2. The Morgan fingerprint density at radius 2 is 1.85 bits per heavy atom. The molecule has 0 spiro atoms. The fourth-order valence-electron chi connectivity index (χ4n) is 4.86. The number of hydrogen-bond donors (Lipinski definition) is 1. The van der Waals surface area contributed by atoms with Crippen LogP contribution >= 0.6 is 0 Å². The van der Waals surface area contributed by atoms with Crippen LogP contribution in [0.4, 0.5) is 18.9 Å². The van der Waals surface area contributed by atoms with Crippen LogP contribution in [0.3, 0.4) is 0 Å². The molecule has 1 saturated carbocycles. The molecule has 0 radical (unpaired) electrons. The Morgan fingerprint density at radius 1 is 1.24 bits per heavy atom. The van der Waals surface area contributed by atoms with Crippen LogP contribution in [0.1, 0.15) is 76.2 Å². The number of nitrogens with two attached hydrogens (primary N) is 1. The van der Waals surface area contributed by atoms with Crippen molar-refractivity contribution in [3.05, 3.63) is 23.3 Å². The van der Waals surface area contributed by atoms with E-state index < -0.39 is 34.7 Å². The zero-order valence-electron chi connectivity index (χ0n) is 20.0. The maximum absolute atomic E-state index is 14.1. The molecule has 1 aromatic carbocycles. The van der Waals surface area contributed by atoms with Gasteiger partial charge in [0.05, 0.1) is 16.8 Å². The average Bonchev–Trinajstić information content (AvgIpc) is 2.71. The summed E-state index contributed by atoms with van der Waals surface area (Å²) in [5.74, 6) is -0.638. The van der Waals surface area contributed by atoms with E-state index in [-0.39, 0.29) is 36.6 Å². The maximum atomic E-state index is 14.1. The minimum atomic E-state index is -4.77. The van der Waals surface area contributed by atoms with E-state index >= 15 is 0 Å². The average molecular weight is 470 g/mol. The lowest BCUT2D eigenvalue weighted by atomic mass is 9.85. The predicted molar refractivity (Wildman–Crippen MR) is 120 cm³/mol. The quantitative estimate of drug-likeness (QED) is 0.684. The van der Waals surface area contributed by atoms with E-state index in [9.17, 15) is 22.8 Å². The monoisotopic (exact) mass is 469 g/mol. The second-order valence-corrected chi connectivity index (χ2v) is 9.94. The molecule has 1 heterocycles. The Hall–Kier alpha value is -2.29. The van der Waals surface area contributed by atoms with Gasteiger partial charge in [-0.15, -0.1) is 0 Å². The maximum Gasteiger partial charge on any atom is 0.417 e. The molecule has 2 N–H and O–H groups in total. The third-order valence-electron chi connectivity index (χ3n) is 6.57. The largest absolute Gasteiger partial charge is 0.476 e. The molecular weight excluding hydrogens is 435 g/mol. The van der Waals surface area contributed by atoms with Crippen LogP contribution < -0.4 is 15.4 Å². The first kappa shape index (κ1) is 25.3.